The van der Waals surface area contributed by atoms with Gasteiger partial charge in [0.05, 0.1) is 6.04 Å². The van der Waals surface area contributed by atoms with E-state index in [1.165, 1.54) is 31.8 Å². The second-order valence-electron chi connectivity index (χ2n) is 8.00. The molecule has 4 rings (SSSR count). The van der Waals surface area contributed by atoms with Crippen molar-refractivity contribution in [2.24, 2.45) is 11.8 Å². The number of carbonyl (C=O) groups is 1. The standard InChI is InChI=1S/C20H24ClNO.C6H5Cl/c1-3-5-18(14-10-12-17(21)13-11-14)22(19(23)4-2)20(15-6-7-15)16-8-9-16;7-6-4-2-1-3-5-6/h3-4,10-13,15-16,18,20H,1-2,5-9H2;1-5H/t18-;/m0./s1. The number of carbonyl (C=O) groups excluding carboxylic acids is 1. The topological polar surface area (TPSA) is 20.3 Å². The third-order valence-electron chi connectivity index (χ3n) is 5.67. The summed E-state index contributed by atoms with van der Waals surface area (Å²) in [6.07, 6.45) is 9.07. The first-order chi connectivity index (χ1) is 14.5. The van der Waals surface area contributed by atoms with Gasteiger partial charge >= 0.3 is 0 Å². The minimum absolute atomic E-state index is 0.0152. The average molecular weight is 442 g/mol. The molecule has 2 aromatic rings. The van der Waals surface area contributed by atoms with Crippen molar-refractivity contribution in [3.8, 4) is 0 Å². The van der Waals surface area contributed by atoms with Crippen molar-refractivity contribution >= 4 is 29.1 Å². The molecule has 2 nitrogen and oxygen atoms in total. The van der Waals surface area contributed by atoms with Crippen molar-refractivity contribution in [1.82, 2.24) is 4.90 Å². The van der Waals surface area contributed by atoms with Crippen molar-refractivity contribution in [3.63, 3.8) is 0 Å². The zero-order chi connectivity index (χ0) is 21.5. The molecule has 0 saturated heterocycles. The lowest BCUT2D eigenvalue weighted by molar-refractivity contribution is -0.132. The molecule has 0 heterocycles. The van der Waals surface area contributed by atoms with Gasteiger partial charge in [0, 0.05) is 16.1 Å². The summed E-state index contributed by atoms with van der Waals surface area (Å²) in [6.45, 7) is 7.64. The van der Waals surface area contributed by atoms with Gasteiger partial charge in [-0.2, -0.15) is 0 Å². The van der Waals surface area contributed by atoms with Crippen LogP contribution in [0.1, 0.15) is 43.7 Å². The summed E-state index contributed by atoms with van der Waals surface area (Å²) in [7, 11) is 0. The quantitative estimate of drug-likeness (QED) is 0.306. The normalized spacial score (nSPS) is 16.2. The number of hydrogen-bond acceptors (Lipinski definition) is 1. The van der Waals surface area contributed by atoms with Crippen molar-refractivity contribution in [1.29, 1.82) is 0 Å². The summed E-state index contributed by atoms with van der Waals surface area (Å²) in [5, 5.41) is 1.51. The molecule has 0 bridgehead atoms. The van der Waals surface area contributed by atoms with Crippen LogP contribution in [0, 0.1) is 11.8 Å². The lowest BCUT2D eigenvalue weighted by atomic mass is 9.96. The summed E-state index contributed by atoms with van der Waals surface area (Å²) in [4.78, 5) is 14.8. The van der Waals surface area contributed by atoms with Crippen LogP contribution in [-0.4, -0.2) is 16.8 Å². The van der Waals surface area contributed by atoms with Gasteiger partial charge in [-0.15, -0.1) is 6.58 Å². The second kappa shape index (κ2) is 10.8. The van der Waals surface area contributed by atoms with Crippen LogP contribution in [-0.2, 0) is 4.79 Å². The largest absolute Gasteiger partial charge is 0.328 e. The van der Waals surface area contributed by atoms with E-state index in [1.54, 1.807) is 0 Å². The molecule has 1 atom stereocenters. The Balaban J connectivity index is 0.000000310. The van der Waals surface area contributed by atoms with Crippen LogP contribution in [0.15, 0.2) is 79.9 Å². The van der Waals surface area contributed by atoms with E-state index in [-0.39, 0.29) is 11.9 Å². The molecule has 4 heteroatoms. The highest BCUT2D eigenvalue weighted by Gasteiger charge is 2.47. The van der Waals surface area contributed by atoms with E-state index in [0.717, 1.165) is 17.0 Å². The molecule has 2 aromatic carbocycles. The lowest BCUT2D eigenvalue weighted by Crippen LogP contribution is -2.44. The van der Waals surface area contributed by atoms with E-state index >= 15 is 0 Å². The summed E-state index contributed by atoms with van der Waals surface area (Å²) in [6, 6.07) is 17.6. The maximum Gasteiger partial charge on any atom is 0.246 e. The Bertz CT molecular complexity index is 829. The molecule has 2 fully saturated rings. The maximum atomic E-state index is 12.7. The number of halogens is 2. The second-order valence-corrected chi connectivity index (χ2v) is 8.88. The van der Waals surface area contributed by atoms with Crippen LogP contribution < -0.4 is 0 Å². The fraction of sp³-hybridized carbons (Fsp3) is 0.346. The Morgan fingerprint density at radius 2 is 1.47 bits per heavy atom. The van der Waals surface area contributed by atoms with Gasteiger partial charge in [-0.1, -0.05) is 66.2 Å². The maximum absolute atomic E-state index is 12.7. The molecule has 0 spiro atoms. The fourth-order valence-corrected chi connectivity index (χ4v) is 4.27. The Hall–Kier alpha value is -2.03. The van der Waals surface area contributed by atoms with E-state index in [2.05, 4.69) is 18.1 Å². The molecule has 30 heavy (non-hydrogen) atoms. The van der Waals surface area contributed by atoms with Crippen molar-refractivity contribution in [3.05, 3.63) is 95.5 Å². The van der Waals surface area contributed by atoms with Crippen molar-refractivity contribution in [2.75, 3.05) is 0 Å². The monoisotopic (exact) mass is 441 g/mol. The molecular weight excluding hydrogens is 413 g/mol. The molecule has 0 N–H and O–H groups in total. The molecule has 0 unspecified atom stereocenters. The van der Waals surface area contributed by atoms with Gasteiger partial charge in [-0.3, -0.25) is 4.79 Å². The first-order valence-electron chi connectivity index (χ1n) is 10.6. The van der Waals surface area contributed by atoms with E-state index < -0.39 is 0 Å². The highest BCUT2D eigenvalue weighted by atomic mass is 35.5. The number of nitrogens with zero attached hydrogens (tertiary/aromatic N) is 1. The van der Waals surface area contributed by atoms with Gasteiger partial charge < -0.3 is 4.90 Å². The van der Waals surface area contributed by atoms with Gasteiger partial charge in [-0.05, 0) is 79.8 Å². The van der Waals surface area contributed by atoms with Crippen LogP contribution in [0.4, 0.5) is 0 Å². The Morgan fingerprint density at radius 3 is 1.87 bits per heavy atom. The summed E-state index contributed by atoms with van der Waals surface area (Å²) in [5.74, 6) is 1.35. The molecule has 158 valence electrons. The smallest absolute Gasteiger partial charge is 0.246 e. The SMILES string of the molecule is C=CC[C@@H](c1ccc(Cl)cc1)N(C(=O)C=C)C(C1CC1)C1CC1.Clc1ccccc1. The Kier molecular flexibility index (Phi) is 8.18. The van der Waals surface area contributed by atoms with E-state index in [9.17, 15) is 4.79 Å². The number of rotatable bonds is 8. The summed E-state index contributed by atoms with van der Waals surface area (Å²) >= 11 is 11.6. The van der Waals surface area contributed by atoms with Crippen molar-refractivity contribution < 1.29 is 4.79 Å². The van der Waals surface area contributed by atoms with Crippen LogP contribution in [0.25, 0.3) is 0 Å². The van der Waals surface area contributed by atoms with Crippen LogP contribution >= 0.6 is 23.2 Å². The van der Waals surface area contributed by atoms with Crippen molar-refractivity contribution in [2.45, 2.75) is 44.2 Å². The highest BCUT2D eigenvalue weighted by Crippen LogP contribution is 2.49. The number of benzene rings is 2. The summed E-state index contributed by atoms with van der Waals surface area (Å²) in [5.41, 5.74) is 1.12. The lowest BCUT2D eigenvalue weighted by Gasteiger charge is -2.38. The highest BCUT2D eigenvalue weighted by molar-refractivity contribution is 6.30. The first-order valence-corrected chi connectivity index (χ1v) is 11.3. The fourth-order valence-electron chi connectivity index (χ4n) is 4.00. The molecule has 2 aliphatic rings. The number of amides is 1. The predicted octanol–water partition coefficient (Wildman–Crippen LogP) is 7.50. The van der Waals surface area contributed by atoms with E-state index in [4.69, 9.17) is 23.2 Å². The van der Waals surface area contributed by atoms with Gasteiger partial charge in [-0.25, -0.2) is 0 Å². The molecule has 0 aromatic heterocycles. The van der Waals surface area contributed by atoms with Crippen LogP contribution in [0.3, 0.4) is 0 Å². The molecule has 2 aliphatic carbocycles. The molecule has 1 amide bonds. The minimum atomic E-state index is 0.0152. The summed E-state index contributed by atoms with van der Waals surface area (Å²) < 4.78 is 0. The van der Waals surface area contributed by atoms with Gasteiger partial charge in [0.25, 0.3) is 0 Å². The predicted molar refractivity (Wildman–Crippen MR) is 127 cm³/mol. The van der Waals surface area contributed by atoms with E-state index in [0.29, 0.717) is 22.9 Å². The van der Waals surface area contributed by atoms with E-state index in [1.807, 2.05) is 60.7 Å². The molecule has 0 radical (unpaired) electrons. The van der Waals surface area contributed by atoms with Gasteiger partial charge in [0.1, 0.15) is 0 Å². The van der Waals surface area contributed by atoms with Gasteiger partial charge in [0.15, 0.2) is 0 Å². The first kappa shape index (κ1) is 22.7. The Labute approximate surface area is 190 Å². The number of hydrogen-bond donors (Lipinski definition) is 0. The third-order valence-corrected chi connectivity index (χ3v) is 6.18. The third kappa shape index (κ3) is 6.23. The minimum Gasteiger partial charge on any atom is -0.328 e. The van der Waals surface area contributed by atoms with Crippen LogP contribution in [0.5, 0.6) is 0 Å². The zero-order valence-electron chi connectivity index (χ0n) is 17.2. The molecular formula is C26H29Cl2NO. The molecule has 2 saturated carbocycles. The van der Waals surface area contributed by atoms with Gasteiger partial charge in [0.2, 0.25) is 5.91 Å². The molecule has 0 aliphatic heterocycles. The zero-order valence-corrected chi connectivity index (χ0v) is 18.7. The Morgan fingerprint density at radius 1 is 0.933 bits per heavy atom. The van der Waals surface area contributed by atoms with Crippen LogP contribution in [0.2, 0.25) is 10.0 Å². The average Bonchev–Trinajstić information content (AvgIpc) is 3.66.